The lowest BCUT2D eigenvalue weighted by Gasteiger charge is -1.97. The molecule has 0 saturated heterocycles. The van der Waals surface area contributed by atoms with Crippen molar-refractivity contribution in [2.24, 2.45) is 0 Å². The van der Waals surface area contributed by atoms with Crippen LogP contribution in [0, 0.1) is 0 Å². The lowest BCUT2D eigenvalue weighted by molar-refractivity contribution is 0.278. The van der Waals surface area contributed by atoms with Crippen LogP contribution in [-0.4, -0.2) is 25.9 Å². The summed E-state index contributed by atoms with van der Waals surface area (Å²) in [6.07, 6.45) is 6.45. The Morgan fingerprint density at radius 2 is 2.29 bits per heavy atom. The van der Waals surface area contributed by atoms with Crippen molar-refractivity contribution >= 4 is 5.65 Å². The molecule has 4 heteroatoms. The maximum Gasteiger partial charge on any atom is 0.136 e. The van der Waals surface area contributed by atoms with E-state index in [2.05, 4.69) is 11.2 Å². The molecule has 3 rings (SSSR count). The molecule has 1 saturated carbocycles. The summed E-state index contributed by atoms with van der Waals surface area (Å²) in [5, 5.41) is 13.4. The number of aromatic nitrogens is 3. The monoisotopic (exact) mass is 191 g/mol. The molecule has 0 aromatic carbocycles. The van der Waals surface area contributed by atoms with Gasteiger partial charge >= 0.3 is 0 Å². The lowest BCUT2D eigenvalue weighted by Crippen LogP contribution is -1.99. The van der Waals surface area contributed by atoms with E-state index in [0.717, 1.165) is 5.65 Å². The van der Waals surface area contributed by atoms with Crippen molar-refractivity contribution in [3.63, 3.8) is 0 Å². The fourth-order valence-electron chi connectivity index (χ4n) is 1.82. The van der Waals surface area contributed by atoms with E-state index >= 15 is 0 Å². The van der Waals surface area contributed by atoms with Gasteiger partial charge in [-0.2, -0.15) is 5.10 Å². The molecule has 74 valence electrons. The standard InChI is InChI=1S/C10H13N3O/c14-6-5-12-3-4-13-10(12)7-9(11-13)8-1-2-8/h3-4,7-8,14H,1-2,5-6H2. The van der Waals surface area contributed by atoms with Crippen molar-refractivity contribution in [3.05, 3.63) is 24.2 Å². The number of hydrogen-bond donors (Lipinski definition) is 1. The van der Waals surface area contributed by atoms with Crippen molar-refractivity contribution in [2.45, 2.75) is 25.3 Å². The summed E-state index contributed by atoms with van der Waals surface area (Å²) >= 11 is 0. The highest BCUT2D eigenvalue weighted by Crippen LogP contribution is 2.39. The molecular formula is C10H13N3O. The van der Waals surface area contributed by atoms with Crippen LogP contribution in [0.2, 0.25) is 0 Å². The Labute approximate surface area is 81.8 Å². The van der Waals surface area contributed by atoms with Crippen molar-refractivity contribution in [2.75, 3.05) is 6.61 Å². The molecule has 2 aromatic rings. The van der Waals surface area contributed by atoms with Gasteiger partial charge in [-0.3, -0.25) is 0 Å². The maximum absolute atomic E-state index is 8.88. The third-order valence-corrected chi connectivity index (χ3v) is 2.75. The first-order valence-electron chi connectivity index (χ1n) is 5.04. The Morgan fingerprint density at radius 1 is 1.43 bits per heavy atom. The van der Waals surface area contributed by atoms with Crippen LogP contribution in [0.3, 0.4) is 0 Å². The Hall–Kier alpha value is -1.29. The summed E-state index contributed by atoms with van der Waals surface area (Å²) in [6.45, 7) is 0.820. The Kier molecular flexibility index (Phi) is 1.64. The van der Waals surface area contributed by atoms with Crippen molar-refractivity contribution in [1.82, 2.24) is 14.2 Å². The molecule has 1 aliphatic carbocycles. The van der Waals surface area contributed by atoms with Crippen LogP contribution >= 0.6 is 0 Å². The van der Waals surface area contributed by atoms with Crippen LogP contribution in [0.1, 0.15) is 24.5 Å². The Balaban J connectivity index is 2.05. The zero-order valence-electron chi connectivity index (χ0n) is 7.93. The Bertz CT molecular complexity index is 453. The van der Waals surface area contributed by atoms with Gasteiger partial charge in [-0.25, -0.2) is 4.52 Å². The van der Waals surface area contributed by atoms with Crippen molar-refractivity contribution in [1.29, 1.82) is 0 Å². The van der Waals surface area contributed by atoms with E-state index in [4.69, 9.17) is 5.11 Å². The summed E-state index contributed by atoms with van der Waals surface area (Å²) in [5.41, 5.74) is 2.29. The summed E-state index contributed by atoms with van der Waals surface area (Å²) in [6, 6.07) is 2.13. The molecule has 0 amide bonds. The predicted molar refractivity (Wildman–Crippen MR) is 52.2 cm³/mol. The molecule has 0 radical (unpaired) electrons. The van der Waals surface area contributed by atoms with Gasteiger partial charge in [0, 0.05) is 30.9 Å². The molecule has 0 bridgehead atoms. The highest BCUT2D eigenvalue weighted by molar-refractivity contribution is 5.42. The first-order valence-corrected chi connectivity index (χ1v) is 5.04. The molecule has 0 spiro atoms. The van der Waals surface area contributed by atoms with E-state index in [-0.39, 0.29) is 6.61 Å². The summed E-state index contributed by atoms with van der Waals surface area (Å²) < 4.78 is 3.92. The lowest BCUT2D eigenvalue weighted by atomic mass is 10.3. The molecule has 0 aliphatic heterocycles. The number of aliphatic hydroxyl groups is 1. The third-order valence-electron chi connectivity index (χ3n) is 2.75. The zero-order valence-corrected chi connectivity index (χ0v) is 7.93. The molecular weight excluding hydrogens is 178 g/mol. The van der Waals surface area contributed by atoms with Crippen LogP contribution in [0.4, 0.5) is 0 Å². The van der Waals surface area contributed by atoms with Gasteiger partial charge in [-0.05, 0) is 12.8 Å². The third kappa shape index (κ3) is 1.14. The van der Waals surface area contributed by atoms with Gasteiger partial charge in [0.2, 0.25) is 0 Å². The van der Waals surface area contributed by atoms with E-state index in [0.29, 0.717) is 12.5 Å². The molecule has 1 fully saturated rings. The molecule has 2 heterocycles. The van der Waals surface area contributed by atoms with Gasteiger partial charge in [0.25, 0.3) is 0 Å². The Morgan fingerprint density at radius 3 is 3.00 bits per heavy atom. The van der Waals surface area contributed by atoms with E-state index in [1.165, 1.54) is 18.5 Å². The maximum atomic E-state index is 8.88. The van der Waals surface area contributed by atoms with Gasteiger partial charge in [-0.15, -0.1) is 0 Å². The second-order valence-corrected chi connectivity index (χ2v) is 3.86. The highest BCUT2D eigenvalue weighted by Gasteiger charge is 2.26. The van der Waals surface area contributed by atoms with E-state index in [1.54, 1.807) is 0 Å². The quantitative estimate of drug-likeness (QED) is 0.786. The fraction of sp³-hybridized carbons (Fsp3) is 0.500. The molecule has 4 nitrogen and oxygen atoms in total. The van der Waals surface area contributed by atoms with Crippen LogP contribution in [0.5, 0.6) is 0 Å². The smallest absolute Gasteiger partial charge is 0.136 e. The number of fused-ring (bicyclic) bond motifs is 1. The fourth-order valence-corrected chi connectivity index (χ4v) is 1.82. The first kappa shape index (κ1) is 8.05. The number of hydrogen-bond acceptors (Lipinski definition) is 2. The number of aliphatic hydroxyl groups excluding tert-OH is 1. The summed E-state index contributed by atoms with van der Waals surface area (Å²) in [4.78, 5) is 0. The normalized spacial score (nSPS) is 16.6. The van der Waals surface area contributed by atoms with Gasteiger partial charge < -0.3 is 9.67 Å². The molecule has 14 heavy (non-hydrogen) atoms. The molecule has 1 N–H and O–H groups in total. The van der Waals surface area contributed by atoms with Crippen LogP contribution in [0.15, 0.2) is 18.5 Å². The average molecular weight is 191 g/mol. The second-order valence-electron chi connectivity index (χ2n) is 3.86. The zero-order chi connectivity index (χ0) is 9.54. The number of nitrogens with zero attached hydrogens (tertiary/aromatic N) is 3. The first-order chi connectivity index (χ1) is 6.88. The molecule has 0 atom stereocenters. The van der Waals surface area contributed by atoms with Crippen LogP contribution in [-0.2, 0) is 6.54 Å². The van der Waals surface area contributed by atoms with Gasteiger partial charge in [-0.1, -0.05) is 0 Å². The van der Waals surface area contributed by atoms with Gasteiger partial charge in [0.15, 0.2) is 0 Å². The summed E-state index contributed by atoms with van der Waals surface area (Å²) in [7, 11) is 0. The summed E-state index contributed by atoms with van der Waals surface area (Å²) in [5.74, 6) is 0.692. The van der Waals surface area contributed by atoms with E-state index in [9.17, 15) is 0 Å². The largest absolute Gasteiger partial charge is 0.395 e. The molecule has 1 aliphatic rings. The SMILES string of the molecule is OCCn1ccn2nc(C3CC3)cc12. The molecule has 2 aromatic heterocycles. The van der Waals surface area contributed by atoms with Crippen LogP contribution in [0.25, 0.3) is 5.65 Å². The topological polar surface area (TPSA) is 42.5 Å². The second kappa shape index (κ2) is 2.85. The minimum Gasteiger partial charge on any atom is -0.395 e. The predicted octanol–water partition coefficient (Wildman–Crippen LogP) is 1.01. The van der Waals surface area contributed by atoms with Crippen molar-refractivity contribution in [3.8, 4) is 0 Å². The minimum atomic E-state index is 0.175. The van der Waals surface area contributed by atoms with Crippen LogP contribution < -0.4 is 0 Å². The average Bonchev–Trinajstić information content (AvgIpc) is 2.84. The van der Waals surface area contributed by atoms with Gasteiger partial charge in [0.05, 0.1) is 12.3 Å². The number of rotatable bonds is 3. The highest BCUT2D eigenvalue weighted by atomic mass is 16.3. The number of imidazole rings is 1. The van der Waals surface area contributed by atoms with E-state index in [1.807, 2.05) is 21.5 Å². The van der Waals surface area contributed by atoms with E-state index < -0.39 is 0 Å². The van der Waals surface area contributed by atoms with Gasteiger partial charge in [0.1, 0.15) is 5.65 Å². The van der Waals surface area contributed by atoms with Crippen molar-refractivity contribution < 1.29 is 5.11 Å². The molecule has 0 unspecified atom stereocenters. The minimum absolute atomic E-state index is 0.175.